The maximum Gasteiger partial charge on any atom is 0.349 e. The van der Waals surface area contributed by atoms with Gasteiger partial charge < -0.3 is 4.74 Å². The number of carbonyl (C=O) groups is 2. The van der Waals surface area contributed by atoms with Crippen LogP contribution < -0.4 is 0 Å². The van der Waals surface area contributed by atoms with Crippen LogP contribution in [-0.4, -0.2) is 17.9 Å². The van der Waals surface area contributed by atoms with E-state index in [-0.39, 0.29) is 5.78 Å². The van der Waals surface area contributed by atoms with Crippen molar-refractivity contribution in [2.45, 2.75) is 13.0 Å². The van der Waals surface area contributed by atoms with Crippen molar-refractivity contribution in [3.8, 4) is 0 Å². The Morgan fingerprint density at radius 2 is 1.78 bits per heavy atom. The van der Waals surface area contributed by atoms with Crippen molar-refractivity contribution in [1.29, 1.82) is 0 Å². The third-order valence-corrected chi connectivity index (χ3v) is 4.76. The predicted molar refractivity (Wildman–Crippen MR) is 92.5 cm³/mol. The molecule has 1 atom stereocenters. The minimum Gasteiger partial charge on any atom is -0.450 e. The summed E-state index contributed by atoms with van der Waals surface area (Å²) in [5, 5.41) is 1.54. The second kappa shape index (κ2) is 6.52. The van der Waals surface area contributed by atoms with Crippen LogP contribution >= 0.6 is 22.9 Å². The molecule has 0 aliphatic carbocycles. The van der Waals surface area contributed by atoms with Gasteiger partial charge in [0, 0.05) is 15.3 Å². The lowest BCUT2D eigenvalue weighted by molar-refractivity contribution is 0.0323. The molecule has 23 heavy (non-hydrogen) atoms. The molecule has 0 amide bonds. The fraction of sp³-hybridized carbons (Fsp3) is 0.111. The molecule has 0 fully saturated rings. The first-order chi connectivity index (χ1) is 11.0. The summed E-state index contributed by atoms with van der Waals surface area (Å²) in [6.07, 6.45) is -0.853. The number of benzene rings is 2. The molecule has 3 aromatic rings. The number of thiophene rings is 1. The highest BCUT2D eigenvalue weighted by Gasteiger charge is 2.21. The Morgan fingerprint density at radius 1 is 1.09 bits per heavy atom. The largest absolute Gasteiger partial charge is 0.450 e. The Hall–Kier alpha value is -2.17. The molecule has 2 aromatic carbocycles. The molecule has 0 bridgehead atoms. The molecule has 0 aliphatic heterocycles. The molecule has 3 rings (SSSR count). The van der Waals surface area contributed by atoms with Gasteiger partial charge in [0.2, 0.25) is 5.78 Å². The number of fused-ring (bicyclic) bond motifs is 1. The van der Waals surface area contributed by atoms with E-state index in [1.807, 2.05) is 24.3 Å². The van der Waals surface area contributed by atoms with Crippen molar-refractivity contribution in [2.75, 3.05) is 0 Å². The van der Waals surface area contributed by atoms with Gasteiger partial charge in [-0.3, -0.25) is 4.79 Å². The van der Waals surface area contributed by atoms with E-state index in [1.165, 1.54) is 11.3 Å². The third kappa shape index (κ3) is 3.44. The second-order valence-corrected chi connectivity index (χ2v) is 6.59. The van der Waals surface area contributed by atoms with Crippen LogP contribution in [0, 0.1) is 0 Å². The summed E-state index contributed by atoms with van der Waals surface area (Å²) in [6, 6.07) is 16.0. The molecule has 0 unspecified atom stereocenters. The molecular weight excluding hydrogens is 332 g/mol. The monoisotopic (exact) mass is 344 g/mol. The molecule has 0 N–H and O–H groups in total. The Labute approximate surface area is 142 Å². The van der Waals surface area contributed by atoms with Crippen LogP contribution in [0.2, 0.25) is 5.02 Å². The van der Waals surface area contributed by atoms with Crippen LogP contribution in [-0.2, 0) is 4.74 Å². The second-order valence-electron chi connectivity index (χ2n) is 5.07. The summed E-state index contributed by atoms with van der Waals surface area (Å²) in [5.74, 6) is -0.739. The Morgan fingerprint density at radius 3 is 2.48 bits per heavy atom. The van der Waals surface area contributed by atoms with Crippen LogP contribution in [0.15, 0.2) is 54.6 Å². The van der Waals surface area contributed by atoms with Gasteiger partial charge in [0.05, 0.1) is 0 Å². The molecule has 0 radical (unpaired) electrons. The van der Waals surface area contributed by atoms with E-state index < -0.39 is 12.1 Å². The van der Waals surface area contributed by atoms with E-state index in [9.17, 15) is 9.59 Å². The fourth-order valence-corrected chi connectivity index (χ4v) is 3.28. The molecule has 0 aliphatic rings. The van der Waals surface area contributed by atoms with Gasteiger partial charge in [-0.1, -0.05) is 29.8 Å². The first-order valence-electron chi connectivity index (χ1n) is 7.04. The van der Waals surface area contributed by atoms with E-state index >= 15 is 0 Å². The van der Waals surface area contributed by atoms with Crippen molar-refractivity contribution < 1.29 is 14.3 Å². The molecule has 116 valence electrons. The normalized spacial score (nSPS) is 12.1. The number of Topliss-reactive ketones (excluding diaryl/α,β-unsaturated/α-hetero) is 1. The molecule has 3 nitrogen and oxygen atoms in total. The van der Waals surface area contributed by atoms with E-state index in [0.29, 0.717) is 15.5 Å². The molecule has 1 aromatic heterocycles. The van der Waals surface area contributed by atoms with Gasteiger partial charge in [0.25, 0.3) is 0 Å². The van der Waals surface area contributed by atoms with Crippen LogP contribution in [0.1, 0.15) is 27.0 Å². The molecule has 0 spiro atoms. The highest BCUT2D eigenvalue weighted by molar-refractivity contribution is 7.20. The number of hydrogen-bond acceptors (Lipinski definition) is 4. The van der Waals surface area contributed by atoms with Crippen LogP contribution in [0.25, 0.3) is 10.1 Å². The maximum absolute atomic E-state index is 12.3. The first kappa shape index (κ1) is 15.7. The molecule has 0 saturated heterocycles. The van der Waals surface area contributed by atoms with Crippen molar-refractivity contribution in [3.63, 3.8) is 0 Å². The van der Waals surface area contributed by atoms with Gasteiger partial charge >= 0.3 is 5.97 Å². The van der Waals surface area contributed by atoms with Crippen molar-refractivity contribution in [3.05, 3.63) is 70.1 Å². The van der Waals surface area contributed by atoms with Gasteiger partial charge in [-0.2, -0.15) is 0 Å². The first-order valence-corrected chi connectivity index (χ1v) is 8.23. The number of halogens is 1. The molecule has 1 heterocycles. The highest BCUT2D eigenvalue weighted by atomic mass is 35.5. The summed E-state index contributed by atoms with van der Waals surface area (Å²) < 4.78 is 6.31. The average molecular weight is 345 g/mol. The lowest BCUT2D eigenvalue weighted by Gasteiger charge is -2.11. The predicted octanol–water partition coefficient (Wildman–Crippen LogP) is 4.98. The Kier molecular flexibility index (Phi) is 4.46. The maximum atomic E-state index is 12.3. The number of rotatable bonds is 4. The molecule has 5 heteroatoms. The quantitative estimate of drug-likeness (QED) is 0.495. The average Bonchev–Trinajstić information content (AvgIpc) is 2.99. The molecule has 0 saturated carbocycles. The van der Waals surface area contributed by atoms with Crippen LogP contribution in [0.5, 0.6) is 0 Å². The summed E-state index contributed by atoms with van der Waals surface area (Å²) in [4.78, 5) is 25.0. The topological polar surface area (TPSA) is 43.4 Å². The number of esters is 1. The van der Waals surface area contributed by atoms with Crippen LogP contribution in [0.4, 0.5) is 0 Å². The minimum atomic E-state index is -0.853. The van der Waals surface area contributed by atoms with Gasteiger partial charge in [-0.25, -0.2) is 4.79 Å². The third-order valence-electron chi connectivity index (χ3n) is 3.41. The van der Waals surface area contributed by atoms with Gasteiger partial charge in [-0.05, 0) is 48.7 Å². The van der Waals surface area contributed by atoms with Crippen molar-refractivity contribution >= 4 is 44.8 Å². The SMILES string of the molecule is C[C@@H](OC(=O)c1cc2ccccc2s1)C(=O)c1ccc(Cl)cc1. The highest BCUT2D eigenvalue weighted by Crippen LogP contribution is 2.26. The van der Waals surface area contributed by atoms with Gasteiger partial charge in [0.15, 0.2) is 6.10 Å². The summed E-state index contributed by atoms with van der Waals surface area (Å²) in [7, 11) is 0. The number of hydrogen-bond donors (Lipinski definition) is 0. The summed E-state index contributed by atoms with van der Waals surface area (Å²) in [6.45, 7) is 1.57. The Balaban J connectivity index is 1.73. The van der Waals surface area contributed by atoms with Crippen molar-refractivity contribution in [2.24, 2.45) is 0 Å². The smallest absolute Gasteiger partial charge is 0.349 e. The Bertz CT molecular complexity index is 834. The van der Waals surface area contributed by atoms with Gasteiger partial charge in [0.1, 0.15) is 4.88 Å². The minimum absolute atomic E-state index is 0.254. The number of ether oxygens (including phenoxy) is 1. The fourth-order valence-electron chi connectivity index (χ4n) is 2.20. The zero-order valence-electron chi connectivity index (χ0n) is 12.3. The zero-order valence-corrected chi connectivity index (χ0v) is 13.9. The standard InChI is InChI=1S/C18H13ClO3S/c1-11(17(20)12-6-8-14(19)9-7-12)22-18(21)16-10-13-4-2-3-5-15(13)23-16/h2-11H,1H3/t11-/m1/s1. The number of carbonyl (C=O) groups excluding carboxylic acids is 2. The van der Waals surface area contributed by atoms with E-state index in [0.717, 1.165) is 10.1 Å². The van der Waals surface area contributed by atoms with E-state index in [2.05, 4.69) is 0 Å². The van der Waals surface area contributed by atoms with E-state index in [4.69, 9.17) is 16.3 Å². The van der Waals surface area contributed by atoms with Crippen LogP contribution in [0.3, 0.4) is 0 Å². The molecular formula is C18H13ClO3S. The van der Waals surface area contributed by atoms with Crippen molar-refractivity contribution in [1.82, 2.24) is 0 Å². The lowest BCUT2D eigenvalue weighted by atomic mass is 10.1. The van der Waals surface area contributed by atoms with Gasteiger partial charge in [-0.15, -0.1) is 11.3 Å². The summed E-state index contributed by atoms with van der Waals surface area (Å²) in [5.41, 5.74) is 0.464. The summed E-state index contributed by atoms with van der Waals surface area (Å²) >= 11 is 7.16. The lowest BCUT2D eigenvalue weighted by Crippen LogP contribution is -2.24. The zero-order chi connectivity index (χ0) is 16.4. The number of ketones is 1. The van der Waals surface area contributed by atoms with E-state index in [1.54, 1.807) is 37.3 Å².